The fourth-order valence-electron chi connectivity index (χ4n) is 4.23. The number of halogens is 2. The second-order valence-electron chi connectivity index (χ2n) is 8.64. The summed E-state index contributed by atoms with van der Waals surface area (Å²) in [5.74, 6) is -0.0122. The van der Waals surface area contributed by atoms with Crippen LogP contribution in [0.2, 0.25) is 0 Å². The van der Waals surface area contributed by atoms with E-state index in [4.69, 9.17) is 0 Å². The number of amides is 1. The molecule has 34 heavy (non-hydrogen) atoms. The van der Waals surface area contributed by atoms with E-state index < -0.39 is 10.0 Å². The normalized spacial score (nSPS) is 13.5. The molecule has 1 aliphatic heterocycles. The third-order valence-electron chi connectivity index (χ3n) is 6.31. The molecule has 0 atom stereocenters. The lowest BCUT2D eigenvalue weighted by Gasteiger charge is -2.28. The first-order valence-electron chi connectivity index (χ1n) is 11.0. The average Bonchev–Trinajstić information content (AvgIpc) is 3.25. The molecule has 0 radical (unpaired) electrons. The first kappa shape index (κ1) is 25.1. The molecule has 0 aliphatic carbocycles. The van der Waals surface area contributed by atoms with Crippen LogP contribution in [-0.2, 0) is 40.7 Å². The van der Waals surface area contributed by atoms with Gasteiger partial charge in [0.05, 0.1) is 4.90 Å². The fraction of sp³-hybridized carbons (Fsp3) is 0.269. The van der Waals surface area contributed by atoms with Gasteiger partial charge in [0.2, 0.25) is 15.9 Å². The molecule has 0 spiro atoms. The van der Waals surface area contributed by atoms with Crippen molar-refractivity contribution in [2.45, 2.75) is 43.8 Å². The van der Waals surface area contributed by atoms with Crippen molar-refractivity contribution >= 4 is 47.8 Å². The Morgan fingerprint density at radius 2 is 1.38 bits per heavy atom. The second-order valence-corrected chi connectivity index (χ2v) is 12.5. The van der Waals surface area contributed by atoms with E-state index in [-0.39, 0.29) is 16.8 Å². The Kier molecular flexibility index (Phi) is 7.62. The summed E-state index contributed by atoms with van der Waals surface area (Å²) in [6.45, 7) is 2.50. The van der Waals surface area contributed by atoms with Crippen LogP contribution in [0.3, 0.4) is 0 Å². The number of carbonyl (C=O) groups is 1. The van der Waals surface area contributed by atoms with Gasteiger partial charge < -0.3 is 4.90 Å². The number of benzene rings is 3. The number of nitrogens with zero attached hydrogens (tertiary/aromatic N) is 2. The van der Waals surface area contributed by atoms with Crippen molar-refractivity contribution in [3.8, 4) is 0 Å². The molecule has 8 heteroatoms. The lowest BCUT2D eigenvalue weighted by molar-refractivity contribution is -0.129. The van der Waals surface area contributed by atoms with Crippen LogP contribution >= 0.6 is 31.9 Å². The van der Waals surface area contributed by atoms with Gasteiger partial charge in [-0.25, -0.2) is 8.42 Å². The first-order valence-corrected chi connectivity index (χ1v) is 14.0. The summed E-state index contributed by atoms with van der Waals surface area (Å²) in [6.07, 6.45) is 1.17. The van der Waals surface area contributed by atoms with E-state index in [0.717, 1.165) is 31.2 Å². The molecule has 0 saturated heterocycles. The molecule has 1 amide bonds. The van der Waals surface area contributed by atoms with Gasteiger partial charge in [0.15, 0.2) is 0 Å². The van der Waals surface area contributed by atoms with Crippen molar-refractivity contribution in [2.75, 3.05) is 7.05 Å². The number of carbonyl (C=O) groups excluding carboxylic acids is 1. The molecule has 4 rings (SSSR count). The maximum atomic E-state index is 13.7. The van der Waals surface area contributed by atoms with Crippen LogP contribution in [0.25, 0.3) is 0 Å². The van der Waals surface area contributed by atoms with Gasteiger partial charge in [0, 0.05) is 42.0 Å². The third kappa shape index (κ3) is 5.62. The number of likely N-dealkylation sites (N-methyl/N-ethyl adjacent to an activating group) is 1. The summed E-state index contributed by atoms with van der Waals surface area (Å²) in [5.41, 5.74) is 4.02. The third-order valence-corrected chi connectivity index (χ3v) is 9.27. The highest BCUT2D eigenvalue weighted by Gasteiger charge is 2.30. The lowest BCUT2D eigenvalue weighted by atomic mass is 9.99. The van der Waals surface area contributed by atoms with Crippen LogP contribution in [0.4, 0.5) is 0 Å². The zero-order valence-corrected chi connectivity index (χ0v) is 23.0. The maximum absolute atomic E-state index is 13.7. The Balaban J connectivity index is 1.63. The molecule has 5 nitrogen and oxygen atoms in total. The number of fused-ring (bicyclic) bond motifs is 1. The standard InChI is InChI=1S/C26H26Br2N2O3S/c1-18(31)30-16-21-7-12-26(15-22(21)17-30)34(32,33)29(2)25(13-19-3-8-23(27)9-4-19)14-20-5-10-24(28)11-6-20/h3-12,15,25H,13-14,16-17H2,1-2H3. The minimum atomic E-state index is -3.74. The molecule has 1 heterocycles. The van der Waals surface area contributed by atoms with E-state index in [1.54, 1.807) is 24.1 Å². The molecule has 3 aromatic rings. The van der Waals surface area contributed by atoms with E-state index in [1.807, 2.05) is 54.6 Å². The van der Waals surface area contributed by atoms with Gasteiger partial charge in [-0.15, -0.1) is 0 Å². The van der Waals surface area contributed by atoms with E-state index in [1.165, 1.54) is 11.2 Å². The van der Waals surface area contributed by atoms with Crippen molar-refractivity contribution in [3.63, 3.8) is 0 Å². The van der Waals surface area contributed by atoms with Crippen LogP contribution in [0.5, 0.6) is 0 Å². The molecule has 0 N–H and O–H groups in total. The molecule has 0 aromatic heterocycles. The zero-order valence-electron chi connectivity index (χ0n) is 19.0. The average molecular weight is 606 g/mol. The van der Waals surface area contributed by atoms with Crippen molar-refractivity contribution in [1.82, 2.24) is 9.21 Å². The van der Waals surface area contributed by atoms with E-state index in [2.05, 4.69) is 31.9 Å². The zero-order chi connectivity index (χ0) is 24.5. The minimum Gasteiger partial charge on any atom is -0.334 e. The van der Waals surface area contributed by atoms with Gasteiger partial charge in [-0.3, -0.25) is 4.79 Å². The molecule has 0 unspecified atom stereocenters. The van der Waals surface area contributed by atoms with Gasteiger partial charge in [-0.1, -0.05) is 62.2 Å². The topological polar surface area (TPSA) is 57.7 Å². The summed E-state index contributed by atoms with van der Waals surface area (Å²) in [5, 5.41) is 0. The predicted octanol–water partition coefficient (Wildman–Crippen LogP) is 5.55. The predicted molar refractivity (Wildman–Crippen MR) is 141 cm³/mol. The minimum absolute atomic E-state index is 0.0122. The monoisotopic (exact) mass is 604 g/mol. The van der Waals surface area contributed by atoms with Crippen molar-refractivity contribution in [2.24, 2.45) is 0 Å². The van der Waals surface area contributed by atoms with Crippen LogP contribution in [-0.4, -0.2) is 36.6 Å². The smallest absolute Gasteiger partial charge is 0.243 e. The summed E-state index contributed by atoms with van der Waals surface area (Å²) in [4.78, 5) is 13.8. The summed E-state index contributed by atoms with van der Waals surface area (Å²) in [7, 11) is -2.08. The Morgan fingerprint density at radius 1 is 0.882 bits per heavy atom. The molecule has 0 saturated carbocycles. The molecule has 0 fully saturated rings. The van der Waals surface area contributed by atoms with E-state index >= 15 is 0 Å². The molecule has 0 bridgehead atoms. The van der Waals surface area contributed by atoms with Crippen LogP contribution in [0, 0.1) is 0 Å². The molecular formula is C26H26Br2N2O3S. The molecule has 3 aromatic carbocycles. The van der Waals surface area contributed by atoms with Gasteiger partial charge in [-0.05, 0) is 71.5 Å². The Labute approximate surface area is 218 Å². The Hall–Kier alpha value is -2.00. The SMILES string of the molecule is CC(=O)N1Cc2ccc(S(=O)(=O)N(C)C(Cc3ccc(Br)cc3)Cc3ccc(Br)cc3)cc2C1. The second kappa shape index (κ2) is 10.3. The van der Waals surface area contributed by atoms with Crippen LogP contribution < -0.4 is 0 Å². The van der Waals surface area contributed by atoms with Gasteiger partial charge >= 0.3 is 0 Å². The van der Waals surface area contributed by atoms with Crippen molar-refractivity contribution in [3.05, 3.63) is 97.9 Å². The van der Waals surface area contributed by atoms with Crippen LogP contribution in [0.1, 0.15) is 29.2 Å². The van der Waals surface area contributed by atoms with E-state index in [0.29, 0.717) is 25.9 Å². The van der Waals surface area contributed by atoms with Gasteiger partial charge in [-0.2, -0.15) is 4.31 Å². The highest BCUT2D eigenvalue weighted by molar-refractivity contribution is 9.10. The summed E-state index contributed by atoms with van der Waals surface area (Å²) >= 11 is 6.93. The quantitative estimate of drug-likeness (QED) is 0.355. The van der Waals surface area contributed by atoms with Gasteiger partial charge in [0.1, 0.15) is 0 Å². The number of hydrogen-bond acceptors (Lipinski definition) is 3. The Morgan fingerprint density at radius 3 is 1.88 bits per heavy atom. The Bertz CT molecular complexity index is 1250. The lowest BCUT2D eigenvalue weighted by Crippen LogP contribution is -2.40. The van der Waals surface area contributed by atoms with Crippen molar-refractivity contribution in [1.29, 1.82) is 0 Å². The van der Waals surface area contributed by atoms with Gasteiger partial charge in [0.25, 0.3) is 0 Å². The number of hydrogen-bond donors (Lipinski definition) is 0. The largest absolute Gasteiger partial charge is 0.334 e. The summed E-state index contributed by atoms with van der Waals surface area (Å²) in [6, 6.07) is 20.9. The van der Waals surface area contributed by atoms with E-state index in [9.17, 15) is 13.2 Å². The summed E-state index contributed by atoms with van der Waals surface area (Å²) < 4.78 is 30.9. The van der Waals surface area contributed by atoms with Crippen LogP contribution in [0.15, 0.2) is 80.6 Å². The molecule has 178 valence electrons. The highest BCUT2D eigenvalue weighted by atomic mass is 79.9. The number of sulfonamides is 1. The maximum Gasteiger partial charge on any atom is 0.243 e. The molecule has 1 aliphatic rings. The number of rotatable bonds is 7. The molecular weight excluding hydrogens is 580 g/mol. The first-order chi connectivity index (χ1) is 16.1. The van der Waals surface area contributed by atoms with Crippen molar-refractivity contribution < 1.29 is 13.2 Å². The highest BCUT2D eigenvalue weighted by Crippen LogP contribution is 2.28. The fourth-order valence-corrected chi connectivity index (χ4v) is 6.16.